The maximum absolute atomic E-state index is 10.2. The topological polar surface area (TPSA) is 65.9 Å². The molecule has 1 aromatic carbocycles. The first-order chi connectivity index (χ1) is 11.5. The van der Waals surface area contributed by atoms with E-state index in [1.54, 1.807) is 12.1 Å². The smallest absolute Gasteiger partial charge is 0.191 e. The van der Waals surface area contributed by atoms with Crippen LogP contribution in [0.4, 0.5) is 0 Å². The van der Waals surface area contributed by atoms with Crippen molar-refractivity contribution in [3.8, 4) is 0 Å². The quantitative estimate of drug-likeness (QED) is 0.206. The van der Waals surface area contributed by atoms with Gasteiger partial charge in [0, 0.05) is 24.7 Å². The Morgan fingerprint density at radius 1 is 1.20 bits per heavy atom. The molecule has 3 N–H and O–H groups in total. The maximum atomic E-state index is 10.2. The molecule has 0 saturated carbocycles. The van der Waals surface area contributed by atoms with Gasteiger partial charge in [-0.15, -0.1) is 24.0 Å². The number of aliphatic hydroxyl groups is 1. The molecule has 0 radical (unpaired) electrons. The predicted octanol–water partition coefficient (Wildman–Crippen LogP) is 3.61. The average molecular weight is 484 g/mol. The van der Waals surface area contributed by atoms with Crippen LogP contribution >= 0.6 is 35.6 Å². The number of halogens is 2. The highest BCUT2D eigenvalue weighted by molar-refractivity contribution is 14.0. The van der Waals surface area contributed by atoms with Crippen molar-refractivity contribution in [3.05, 3.63) is 34.9 Å². The molecular weight excluding hydrogens is 453 g/mol. The molecular formula is C18H31ClIN3O2. The van der Waals surface area contributed by atoms with Crippen LogP contribution in [0.25, 0.3) is 0 Å². The van der Waals surface area contributed by atoms with E-state index in [2.05, 4.69) is 29.5 Å². The molecule has 0 aliphatic rings. The van der Waals surface area contributed by atoms with Crippen molar-refractivity contribution in [2.45, 2.75) is 33.3 Å². The molecule has 1 aromatic rings. The van der Waals surface area contributed by atoms with E-state index in [4.69, 9.17) is 16.3 Å². The summed E-state index contributed by atoms with van der Waals surface area (Å²) < 4.78 is 5.57. The second-order valence-electron chi connectivity index (χ2n) is 6.01. The van der Waals surface area contributed by atoms with Crippen molar-refractivity contribution in [3.63, 3.8) is 0 Å². The number of hydrogen-bond donors (Lipinski definition) is 3. The summed E-state index contributed by atoms with van der Waals surface area (Å²) in [4.78, 5) is 4.41. The van der Waals surface area contributed by atoms with Gasteiger partial charge in [0.1, 0.15) is 0 Å². The maximum Gasteiger partial charge on any atom is 0.191 e. The van der Waals surface area contributed by atoms with Gasteiger partial charge in [-0.2, -0.15) is 0 Å². The number of benzene rings is 1. The number of guanidine groups is 1. The fourth-order valence-corrected chi connectivity index (χ4v) is 2.10. The van der Waals surface area contributed by atoms with Crippen molar-refractivity contribution in [2.75, 3.05) is 32.8 Å². The van der Waals surface area contributed by atoms with Crippen LogP contribution in [-0.4, -0.2) is 43.9 Å². The summed E-state index contributed by atoms with van der Waals surface area (Å²) in [5.74, 6) is 1.34. The Morgan fingerprint density at radius 2 is 1.88 bits per heavy atom. The molecule has 0 bridgehead atoms. The zero-order valence-electron chi connectivity index (χ0n) is 15.3. The first-order valence-electron chi connectivity index (χ1n) is 8.56. The number of ether oxygens (including phenoxy) is 1. The van der Waals surface area contributed by atoms with Gasteiger partial charge < -0.3 is 20.5 Å². The average Bonchev–Trinajstić information content (AvgIpc) is 2.55. The molecule has 0 spiro atoms. The van der Waals surface area contributed by atoms with Crippen LogP contribution in [0.15, 0.2) is 29.3 Å². The third kappa shape index (κ3) is 11.6. The second-order valence-corrected chi connectivity index (χ2v) is 6.45. The van der Waals surface area contributed by atoms with E-state index in [1.807, 2.05) is 19.1 Å². The largest absolute Gasteiger partial charge is 0.386 e. The van der Waals surface area contributed by atoms with Gasteiger partial charge in [0.25, 0.3) is 0 Å². The highest BCUT2D eigenvalue weighted by atomic mass is 127. The van der Waals surface area contributed by atoms with Gasteiger partial charge in [-0.1, -0.05) is 37.6 Å². The Hall–Kier alpha value is -0.570. The summed E-state index contributed by atoms with van der Waals surface area (Å²) in [5.41, 5.74) is 0.802. The van der Waals surface area contributed by atoms with E-state index in [1.165, 1.54) is 0 Å². The second kappa shape index (κ2) is 14.6. The summed E-state index contributed by atoms with van der Waals surface area (Å²) in [6.07, 6.45) is 0.418. The van der Waals surface area contributed by atoms with Gasteiger partial charge in [-0.05, 0) is 37.0 Å². The zero-order chi connectivity index (χ0) is 17.8. The fraction of sp³-hybridized carbons (Fsp3) is 0.611. The molecule has 0 aromatic heterocycles. The minimum Gasteiger partial charge on any atom is -0.386 e. The lowest BCUT2D eigenvalue weighted by atomic mass is 10.1. The zero-order valence-corrected chi connectivity index (χ0v) is 18.4. The Morgan fingerprint density at radius 3 is 2.48 bits per heavy atom. The van der Waals surface area contributed by atoms with Crippen molar-refractivity contribution in [2.24, 2.45) is 10.9 Å². The highest BCUT2D eigenvalue weighted by Crippen LogP contribution is 2.16. The molecule has 1 unspecified atom stereocenters. The van der Waals surface area contributed by atoms with E-state index in [-0.39, 0.29) is 30.5 Å². The number of aliphatic imine (C=N–C) groups is 1. The molecule has 25 heavy (non-hydrogen) atoms. The van der Waals surface area contributed by atoms with E-state index < -0.39 is 6.10 Å². The first kappa shape index (κ1) is 24.4. The number of hydrogen-bond acceptors (Lipinski definition) is 3. The first-order valence-corrected chi connectivity index (χ1v) is 8.94. The lowest BCUT2D eigenvalue weighted by Crippen LogP contribution is -2.39. The SMILES string of the molecule is CCNC(=NCC(O)c1ccc(Cl)cc1)NCCOCCC(C)C.I. The van der Waals surface area contributed by atoms with Crippen LogP contribution in [0.5, 0.6) is 0 Å². The van der Waals surface area contributed by atoms with Crippen molar-refractivity contribution >= 4 is 41.5 Å². The lowest BCUT2D eigenvalue weighted by Gasteiger charge is -2.14. The molecule has 0 aliphatic carbocycles. The van der Waals surface area contributed by atoms with Gasteiger partial charge >= 0.3 is 0 Å². The Bertz CT molecular complexity index is 484. The molecule has 1 atom stereocenters. The minimum atomic E-state index is -0.653. The van der Waals surface area contributed by atoms with Crippen LogP contribution in [0.1, 0.15) is 38.9 Å². The van der Waals surface area contributed by atoms with Crippen LogP contribution in [-0.2, 0) is 4.74 Å². The monoisotopic (exact) mass is 483 g/mol. The van der Waals surface area contributed by atoms with Gasteiger partial charge in [0.05, 0.1) is 19.3 Å². The van der Waals surface area contributed by atoms with E-state index in [9.17, 15) is 5.11 Å². The number of rotatable bonds is 10. The van der Waals surface area contributed by atoms with E-state index in [0.29, 0.717) is 30.1 Å². The Labute approximate surface area is 173 Å². The van der Waals surface area contributed by atoms with E-state index >= 15 is 0 Å². The Kier molecular flexibility index (Phi) is 14.3. The predicted molar refractivity (Wildman–Crippen MR) is 116 cm³/mol. The third-order valence-electron chi connectivity index (χ3n) is 3.40. The third-order valence-corrected chi connectivity index (χ3v) is 3.65. The van der Waals surface area contributed by atoms with Crippen LogP contribution < -0.4 is 10.6 Å². The summed E-state index contributed by atoms with van der Waals surface area (Å²) in [6, 6.07) is 7.15. The summed E-state index contributed by atoms with van der Waals surface area (Å²) in [6.45, 7) is 9.52. The molecule has 0 saturated heterocycles. The minimum absolute atomic E-state index is 0. The highest BCUT2D eigenvalue weighted by Gasteiger charge is 2.07. The lowest BCUT2D eigenvalue weighted by molar-refractivity contribution is 0.128. The molecule has 0 heterocycles. The summed E-state index contributed by atoms with van der Waals surface area (Å²) in [5, 5.41) is 17.2. The molecule has 7 heteroatoms. The van der Waals surface area contributed by atoms with Gasteiger partial charge in [-0.3, -0.25) is 4.99 Å². The summed E-state index contributed by atoms with van der Waals surface area (Å²) in [7, 11) is 0. The molecule has 1 rings (SSSR count). The van der Waals surface area contributed by atoms with Crippen molar-refractivity contribution < 1.29 is 9.84 Å². The van der Waals surface area contributed by atoms with Gasteiger partial charge in [0.15, 0.2) is 5.96 Å². The molecule has 0 fully saturated rings. The van der Waals surface area contributed by atoms with Gasteiger partial charge in [-0.25, -0.2) is 0 Å². The van der Waals surface area contributed by atoms with Crippen LogP contribution in [0, 0.1) is 5.92 Å². The summed E-state index contributed by atoms with van der Waals surface area (Å²) >= 11 is 5.85. The van der Waals surface area contributed by atoms with Gasteiger partial charge in [0.2, 0.25) is 0 Å². The van der Waals surface area contributed by atoms with Crippen molar-refractivity contribution in [1.29, 1.82) is 0 Å². The van der Waals surface area contributed by atoms with Crippen molar-refractivity contribution in [1.82, 2.24) is 10.6 Å². The number of nitrogens with zero attached hydrogens (tertiary/aromatic N) is 1. The standard InChI is InChI=1S/C18H30ClN3O2.HI/c1-4-20-18(21-10-12-24-11-9-14(2)3)22-13-17(23)15-5-7-16(19)8-6-15;/h5-8,14,17,23H,4,9-13H2,1-3H3,(H2,20,21,22);1H. The molecule has 5 nitrogen and oxygen atoms in total. The number of aliphatic hydroxyl groups excluding tert-OH is 1. The molecule has 144 valence electrons. The molecule has 0 aliphatic heterocycles. The van der Waals surface area contributed by atoms with Crippen LogP contribution in [0.2, 0.25) is 5.02 Å². The Balaban J connectivity index is 0.00000576. The fourth-order valence-electron chi connectivity index (χ4n) is 1.97. The number of nitrogens with one attached hydrogen (secondary N) is 2. The molecule has 0 amide bonds. The van der Waals surface area contributed by atoms with E-state index in [0.717, 1.165) is 25.1 Å². The van der Waals surface area contributed by atoms with Crippen LogP contribution in [0.3, 0.4) is 0 Å². The normalized spacial score (nSPS) is 12.6.